The van der Waals surface area contributed by atoms with Crippen molar-refractivity contribution < 1.29 is 24.2 Å². The Morgan fingerprint density at radius 1 is 1.30 bits per heavy atom. The number of hydrogen-bond acceptors (Lipinski definition) is 4. The number of carbonyl (C=O) groups is 3. The fraction of sp³-hybridized carbons (Fsp3) is 0.769. The SMILES string of the molecule is CCC(C)N(CCOC)C(=O)NC(=O)CCCC(=O)O. The lowest BCUT2D eigenvalue weighted by Gasteiger charge is -2.28. The second-order valence-corrected chi connectivity index (χ2v) is 4.54. The quantitative estimate of drug-likeness (QED) is 0.665. The third kappa shape index (κ3) is 7.73. The van der Waals surface area contributed by atoms with Gasteiger partial charge in [0.15, 0.2) is 0 Å². The van der Waals surface area contributed by atoms with Crippen LogP contribution in [0.1, 0.15) is 39.5 Å². The van der Waals surface area contributed by atoms with Crippen LogP contribution in [-0.4, -0.2) is 54.2 Å². The highest BCUT2D eigenvalue weighted by atomic mass is 16.5. The number of ether oxygens (including phenoxy) is 1. The zero-order chi connectivity index (χ0) is 15.5. The zero-order valence-electron chi connectivity index (χ0n) is 12.3. The van der Waals surface area contributed by atoms with Crippen molar-refractivity contribution in [2.75, 3.05) is 20.3 Å². The summed E-state index contributed by atoms with van der Waals surface area (Å²) in [4.78, 5) is 35.4. The third-order valence-corrected chi connectivity index (χ3v) is 2.96. The average Bonchev–Trinajstić information content (AvgIpc) is 2.38. The number of carboxylic acid groups (broad SMARTS) is 1. The predicted molar refractivity (Wildman–Crippen MR) is 73.4 cm³/mol. The van der Waals surface area contributed by atoms with Crippen LogP contribution in [0.25, 0.3) is 0 Å². The van der Waals surface area contributed by atoms with E-state index >= 15 is 0 Å². The van der Waals surface area contributed by atoms with E-state index in [0.29, 0.717) is 13.2 Å². The van der Waals surface area contributed by atoms with Gasteiger partial charge in [-0.3, -0.25) is 14.9 Å². The molecule has 0 saturated carbocycles. The Morgan fingerprint density at radius 2 is 1.95 bits per heavy atom. The Balaban J connectivity index is 4.29. The van der Waals surface area contributed by atoms with Gasteiger partial charge in [-0.1, -0.05) is 6.92 Å². The first-order valence-electron chi connectivity index (χ1n) is 6.73. The molecule has 3 amide bonds. The van der Waals surface area contributed by atoms with Gasteiger partial charge in [0, 0.05) is 32.5 Å². The second kappa shape index (κ2) is 10.2. The topological polar surface area (TPSA) is 95.9 Å². The van der Waals surface area contributed by atoms with E-state index in [1.54, 1.807) is 12.0 Å². The van der Waals surface area contributed by atoms with E-state index in [1.165, 1.54) is 0 Å². The van der Waals surface area contributed by atoms with Crippen LogP contribution >= 0.6 is 0 Å². The number of urea groups is 1. The number of carboxylic acids is 1. The maximum Gasteiger partial charge on any atom is 0.324 e. The normalized spacial score (nSPS) is 11.8. The van der Waals surface area contributed by atoms with Crippen molar-refractivity contribution in [3.05, 3.63) is 0 Å². The summed E-state index contributed by atoms with van der Waals surface area (Å²) in [7, 11) is 1.55. The van der Waals surface area contributed by atoms with Crippen molar-refractivity contribution in [2.45, 2.75) is 45.6 Å². The number of methoxy groups -OCH3 is 1. The lowest BCUT2D eigenvalue weighted by Crippen LogP contribution is -2.48. The van der Waals surface area contributed by atoms with Gasteiger partial charge >= 0.3 is 12.0 Å². The maximum atomic E-state index is 12.0. The van der Waals surface area contributed by atoms with E-state index in [2.05, 4.69) is 5.32 Å². The van der Waals surface area contributed by atoms with Crippen molar-refractivity contribution in [1.29, 1.82) is 0 Å². The molecule has 1 atom stereocenters. The van der Waals surface area contributed by atoms with Crippen LogP contribution in [0.5, 0.6) is 0 Å². The minimum absolute atomic E-state index is 0.00281. The highest BCUT2D eigenvalue weighted by Crippen LogP contribution is 2.04. The molecule has 2 N–H and O–H groups in total. The lowest BCUT2D eigenvalue weighted by atomic mass is 10.2. The summed E-state index contributed by atoms with van der Waals surface area (Å²) in [6.45, 7) is 4.64. The van der Waals surface area contributed by atoms with Crippen LogP contribution in [0, 0.1) is 0 Å². The molecule has 0 fully saturated rings. The molecule has 0 rings (SSSR count). The monoisotopic (exact) mass is 288 g/mol. The summed E-state index contributed by atoms with van der Waals surface area (Å²) in [5, 5.41) is 10.8. The van der Waals surface area contributed by atoms with Crippen LogP contribution in [0.4, 0.5) is 4.79 Å². The Labute approximate surface area is 119 Å². The van der Waals surface area contributed by atoms with E-state index in [-0.39, 0.29) is 25.3 Å². The molecule has 7 nitrogen and oxygen atoms in total. The van der Waals surface area contributed by atoms with Gasteiger partial charge in [0.2, 0.25) is 5.91 Å². The Hall–Kier alpha value is -1.63. The van der Waals surface area contributed by atoms with Gasteiger partial charge in [0.25, 0.3) is 0 Å². The molecule has 0 aromatic rings. The van der Waals surface area contributed by atoms with Crippen LogP contribution in [0.3, 0.4) is 0 Å². The van der Waals surface area contributed by atoms with Gasteiger partial charge < -0.3 is 14.7 Å². The number of hydrogen-bond donors (Lipinski definition) is 2. The molecule has 1 unspecified atom stereocenters. The summed E-state index contributed by atoms with van der Waals surface area (Å²) in [6, 6.07) is -0.464. The number of rotatable bonds is 9. The minimum Gasteiger partial charge on any atom is -0.481 e. The number of nitrogens with one attached hydrogen (secondary N) is 1. The third-order valence-electron chi connectivity index (χ3n) is 2.96. The van der Waals surface area contributed by atoms with Gasteiger partial charge in [0.05, 0.1) is 6.61 Å². The highest BCUT2D eigenvalue weighted by Gasteiger charge is 2.20. The molecule has 0 heterocycles. The Bertz CT molecular complexity index is 333. The number of imide groups is 1. The molecule has 0 bridgehead atoms. The summed E-state index contributed by atoms with van der Waals surface area (Å²) >= 11 is 0. The van der Waals surface area contributed by atoms with Crippen molar-refractivity contribution in [3.8, 4) is 0 Å². The fourth-order valence-corrected chi connectivity index (χ4v) is 1.59. The average molecular weight is 288 g/mol. The maximum absolute atomic E-state index is 12.0. The molecule has 0 saturated heterocycles. The first kappa shape index (κ1) is 18.4. The molecule has 0 aliphatic heterocycles. The lowest BCUT2D eigenvalue weighted by molar-refractivity contribution is -0.137. The van der Waals surface area contributed by atoms with E-state index in [1.807, 2.05) is 13.8 Å². The van der Waals surface area contributed by atoms with Crippen LogP contribution in [0.15, 0.2) is 0 Å². The van der Waals surface area contributed by atoms with Crippen LogP contribution in [0.2, 0.25) is 0 Å². The van der Waals surface area contributed by atoms with Crippen LogP contribution < -0.4 is 5.32 Å². The molecule has 0 spiro atoms. The molecule has 0 aromatic heterocycles. The smallest absolute Gasteiger partial charge is 0.324 e. The van der Waals surface area contributed by atoms with Crippen LogP contribution in [-0.2, 0) is 14.3 Å². The second-order valence-electron chi connectivity index (χ2n) is 4.54. The highest BCUT2D eigenvalue weighted by molar-refractivity contribution is 5.94. The molecule has 0 aliphatic rings. The summed E-state index contributed by atoms with van der Waals surface area (Å²) < 4.78 is 4.94. The van der Waals surface area contributed by atoms with Gasteiger partial charge in [-0.15, -0.1) is 0 Å². The van der Waals surface area contributed by atoms with Crippen molar-refractivity contribution >= 4 is 17.9 Å². The van der Waals surface area contributed by atoms with Crippen molar-refractivity contribution in [1.82, 2.24) is 10.2 Å². The zero-order valence-corrected chi connectivity index (χ0v) is 12.3. The summed E-state index contributed by atoms with van der Waals surface area (Å²) in [5.41, 5.74) is 0. The number of amides is 3. The molecule has 0 radical (unpaired) electrons. The van der Waals surface area contributed by atoms with Crippen molar-refractivity contribution in [3.63, 3.8) is 0 Å². The first-order chi connectivity index (χ1) is 9.42. The van der Waals surface area contributed by atoms with Gasteiger partial charge in [0.1, 0.15) is 0 Å². The number of nitrogens with zero attached hydrogens (tertiary/aromatic N) is 1. The Kier molecular flexibility index (Phi) is 9.36. The molecular formula is C13H24N2O5. The van der Waals surface area contributed by atoms with Gasteiger partial charge in [-0.25, -0.2) is 4.79 Å². The molecule has 20 heavy (non-hydrogen) atoms. The van der Waals surface area contributed by atoms with Crippen molar-refractivity contribution in [2.24, 2.45) is 0 Å². The van der Waals surface area contributed by atoms with E-state index in [0.717, 1.165) is 6.42 Å². The number of aliphatic carboxylic acids is 1. The molecular weight excluding hydrogens is 264 g/mol. The summed E-state index contributed by atoms with van der Waals surface area (Å²) in [5.74, 6) is -1.41. The summed E-state index contributed by atoms with van der Waals surface area (Å²) in [6.07, 6.45) is 0.928. The number of carbonyl (C=O) groups excluding carboxylic acids is 2. The molecule has 0 aromatic carbocycles. The van der Waals surface area contributed by atoms with Gasteiger partial charge in [-0.05, 0) is 19.8 Å². The van der Waals surface area contributed by atoms with Gasteiger partial charge in [-0.2, -0.15) is 0 Å². The molecule has 0 aliphatic carbocycles. The first-order valence-corrected chi connectivity index (χ1v) is 6.73. The van der Waals surface area contributed by atoms with E-state index in [4.69, 9.17) is 9.84 Å². The standard InChI is InChI=1S/C13H24N2O5/c1-4-10(2)15(8-9-20-3)13(19)14-11(16)6-5-7-12(17)18/h10H,4-9H2,1-3H3,(H,17,18)(H,14,16,19). The van der Waals surface area contributed by atoms with E-state index < -0.39 is 17.9 Å². The molecule has 7 heteroatoms. The predicted octanol–water partition coefficient (Wildman–Crippen LogP) is 1.22. The fourth-order valence-electron chi connectivity index (χ4n) is 1.59. The van der Waals surface area contributed by atoms with E-state index in [9.17, 15) is 14.4 Å². The molecule has 116 valence electrons. The Morgan fingerprint density at radius 3 is 2.45 bits per heavy atom. The largest absolute Gasteiger partial charge is 0.481 e. The minimum atomic E-state index is -0.953.